The normalized spacial score (nSPS) is 11.9. The van der Waals surface area contributed by atoms with E-state index in [4.69, 9.17) is 0 Å². The molecular weight excluding hydrogens is 316 g/mol. The van der Waals surface area contributed by atoms with Crippen molar-refractivity contribution >= 4 is 17.7 Å². The lowest BCUT2D eigenvalue weighted by molar-refractivity contribution is -0.120. The Morgan fingerprint density at radius 1 is 1.30 bits per heavy atom. The van der Waals surface area contributed by atoms with Gasteiger partial charge >= 0.3 is 5.69 Å². The van der Waals surface area contributed by atoms with Gasteiger partial charge in [-0.05, 0) is 18.4 Å². The number of thioether (sulfide) groups is 1. The Hall–Kier alpha value is -2.35. The van der Waals surface area contributed by atoms with Crippen LogP contribution in [0, 0.1) is 0 Å². The highest BCUT2D eigenvalue weighted by Gasteiger charge is 2.20. The summed E-state index contributed by atoms with van der Waals surface area (Å²) in [7, 11) is 0. The molecule has 7 nitrogen and oxygen atoms in total. The van der Waals surface area contributed by atoms with E-state index in [0.717, 1.165) is 23.7 Å². The molecule has 23 heavy (non-hydrogen) atoms. The minimum absolute atomic E-state index is 0.0784. The number of amides is 1. The van der Waals surface area contributed by atoms with E-state index in [9.17, 15) is 14.4 Å². The quantitative estimate of drug-likeness (QED) is 0.646. The Bertz CT molecular complexity index is 757. The van der Waals surface area contributed by atoms with Crippen LogP contribution >= 0.6 is 11.8 Å². The van der Waals surface area contributed by atoms with Crippen molar-refractivity contribution < 1.29 is 4.79 Å². The highest BCUT2D eigenvalue weighted by molar-refractivity contribution is 8.00. The van der Waals surface area contributed by atoms with Crippen molar-refractivity contribution in [1.29, 1.82) is 0 Å². The predicted octanol–water partition coefficient (Wildman–Crippen LogP) is 0.688. The Morgan fingerprint density at radius 3 is 2.70 bits per heavy atom. The fourth-order valence-corrected chi connectivity index (χ4v) is 2.85. The number of carbonyl (C=O) groups is 1. The molecular formula is C15H18N4O3S. The van der Waals surface area contributed by atoms with Gasteiger partial charge in [0.1, 0.15) is 0 Å². The molecule has 0 bridgehead atoms. The molecule has 1 heterocycles. The van der Waals surface area contributed by atoms with E-state index in [1.54, 1.807) is 0 Å². The number of nitrogens with zero attached hydrogens (tertiary/aromatic N) is 1. The number of hydrogen-bond donors (Lipinski definition) is 3. The molecule has 0 aliphatic heterocycles. The number of benzene rings is 1. The Balaban J connectivity index is 1.90. The molecule has 1 aromatic heterocycles. The first kappa shape index (κ1) is 17.0. The molecule has 2 rings (SSSR count). The van der Waals surface area contributed by atoms with Crippen LogP contribution in [0.4, 0.5) is 0 Å². The van der Waals surface area contributed by atoms with E-state index in [0.29, 0.717) is 13.0 Å². The topological polar surface area (TPSA) is 108 Å². The highest BCUT2D eigenvalue weighted by atomic mass is 32.2. The zero-order valence-corrected chi connectivity index (χ0v) is 13.5. The first-order valence-corrected chi connectivity index (χ1v) is 8.15. The third-order valence-electron chi connectivity index (χ3n) is 3.15. The fraction of sp³-hybridized carbons (Fsp3) is 0.333. The lowest BCUT2D eigenvalue weighted by Gasteiger charge is -2.13. The SMILES string of the molecule is CC[C@@H](Sc1n[nH]c(=O)[nH]c1=O)C(=O)NCCc1ccccc1. The number of H-pyrrole nitrogens is 2. The molecule has 0 aliphatic carbocycles. The Kier molecular flexibility index (Phi) is 6.16. The molecule has 8 heteroatoms. The van der Waals surface area contributed by atoms with Gasteiger partial charge in [0.15, 0.2) is 5.03 Å². The molecule has 1 atom stereocenters. The largest absolute Gasteiger partial charge is 0.355 e. The first-order valence-electron chi connectivity index (χ1n) is 7.27. The van der Waals surface area contributed by atoms with Gasteiger partial charge in [-0.25, -0.2) is 9.89 Å². The van der Waals surface area contributed by atoms with Gasteiger partial charge in [0.05, 0.1) is 5.25 Å². The monoisotopic (exact) mass is 334 g/mol. The summed E-state index contributed by atoms with van der Waals surface area (Å²) in [6.45, 7) is 2.38. The fourth-order valence-electron chi connectivity index (χ4n) is 1.96. The molecule has 1 amide bonds. The number of aromatic nitrogens is 3. The van der Waals surface area contributed by atoms with E-state index in [2.05, 4.69) is 20.5 Å². The van der Waals surface area contributed by atoms with Crippen molar-refractivity contribution in [2.24, 2.45) is 0 Å². The number of rotatable bonds is 7. The summed E-state index contributed by atoms with van der Waals surface area (Å²) in [5.74, 6) is -0.152. The third kappa shape index (κ3) is 5.10. The molecule has 0 spiro atoms. The van der Waals surface area contributed by atoms with Crippen molar-refractivity contribution in [1.82, 2.24) is 20.5 Å². The summed E-state index contributed by atoms with van der Waals surface area (Å²) in [4.78, 5) is 36.9. The molecule has 0 aliphatic rings. The Morgan fingerprint density at radius 2 is 2.04 bits per heavy atom. The first-order chi connectivity index (χ1) is 11.1. The number of hydrogen-bond acceptors (Lipinski definition) is 5. The predicted molar refractivity (Wildman–Crippen MR) is 88.6 cm³/mol. The highest BCUT2D eigenvalue weighted by Crippen LogP contribution is 2.19. The van der Waals surface area contributed by atoms with Crippen molar-refractivity contribution in [2.45, 2.75) is 30.0 Å². The van der Waals surface area contributed by atoms with Crippen LogP contribution in [0.2, 0.25) is 0 Å². The summed E-state index contributed by atoms with van der Waals surface area (Å²) in [5.41, 5.74) is -0.110. The van der Waals surface area contributed by atoms with Crippen molar-refractivity contribution in [3.05, 3.63) is 56.7 Å². The van der Waals surface area contributed by atoms with Gasteiger partial charge in [-0.2, -0.15) is 5.10 Å². The smallest absolute Gasteiger partial charge is 0.342 e. The average Bonchev–Trinajstić information content (AvgIpc) is 2.55. The van der Waals surface area contributed by atoms with Crippen LogP contribution in [0.15, 0.2) is 44.9 Å². The van der Waals surface area contributed by atoms with E-state index in [-0.39, 0.29) is 10.9 Å². The van der Waals surface area contributed by atoms with Crippen molar-refractivity contribution in [3.8, 4) is 0 Å². The van der Waals surface area contributed by atoms with Gasteiger partial charge in [0.2, 0.25) is 5.91 Å². The number of nitrogens with one attached hydrogen (secondary N) is 3. The standard InChI is InChI=1S/C15H18N4O3S/c1-2-11(23-14-13(21)17-15(22)19-18-14)12(20)16-9-8-10-6-4-3-5-7-10/h3-7,11H,2,8-9H2,1H3,(H,16,20)(H2,17,19,21,22)/t11-/m1/s1. The molecule has 2 aromatic rings. The second-order valence-electron chi connectivity index (χ2n) is 4.85. The molecule has 0 unspecified atom stereocenters. The molecule has 3 N–H and O–H groups in total. The van der Waals surface area contributed by atoms with E-state index < -0.39 is 16.5 Å². The number of aromatic amines is 2. The maximum Gasteiger partial charge on any atom is 0.342 e. The summed E-state index contributed by atoms with van der Waals surface area (Å²) >= 11 is 1.04. The van der Waals surface area contributed by atoms with Crippen molar-refractivity contribution in [2.75, 3.05) is 6.54 Å². The van der Waals surface area contributed by atoms with Gasteiger partial charge in [-0.1, -0.05) is 49.0 Å². The van der Waals surface area contributed by atoms with Crippen LogP contribution in [0.5, 0.6) is 0 Å². The zero-order valence-electron chi connectivity index (χ0n) is 12.7. The molecule has 122 valence electrons. The minimum atomic E-state index is -0.667. The van der Waals surface area contributed by atoms with Crippen molar-refractivity contribution in [3.63, 3.8) is 0 Å². The van der Waals surface area contributed by atoms with Gasteiger partial charge in [0.25, 0.3) is 5.56 Å². The maximum absolute atomic E-state index is 12.2. The van der Waals surface area contributed by atoms with Gasteiger partial charge < -0.3 is 5.32 Å². The van der Waals surface area contributed by atoms with Gasteiger partial charge in [-0.3, -0.25) is 14.6 Å². The summed E-state index contributed by atoms with van der Waals surface area (Å²) in [5, 5.41) is 8.34. The van der Waals surface area contributed by atoms with Crippen LogP contribution in [0.1, 0.15) is 18.9 Å². The zero-order chi connectivity index (χ0) is 16.7. The summed E-state index contributed by atoms with van der Waals surface area (Å²) < 4.78 is 0. The van der Waals surface area contributed by atoms with Crippen LogP contribution in [-0.4, -0.2) is 32.9 Å². The molecule has 1 aromatic carbocycles. The lowest BCUT2D eigenvalue weighted by Crippen LogP contribution is -2.35. The van der Waals surface area contributed by atoms with E-state index >= 15 is 0 Å². The Labute approximate surface area is 136 Å². The number of carbonyl (C=O) groups excluding carboxylic acids is 1. The van der Waals surface area contributed by atoms with Crippen LogP contribution in [0.3, 0.4) is 0 Å². The molecule has 0 saturated heterocycles. The summed E-state index contributed by atoms with van der Waals surface area (Å²) in [6.07, 6.45) is 1.28. The molecule has 0 fully saturated rings. The average molecular weight is 334 g/mol. The second-order valence-corrected chi connectivity index (χ2v) is 6.04. The van der Waals surface area contributed by atoms with Crippen LogP contribution < -0.4 is 16.6 Å². The lowest BCUT2D eigenvalue weighted by atomic mass is 10.1. The second kappa shape index (κ2) is 8.33. The van der Waals surface area contributed by atoms with Gasteiger partial charge in [-0.15, -0.1) is 0 Å². The third-order valence-corrected chi connectivity index (χ3v) is 4.49. The minimum Gasteiger partial charge on any atom is -0.355 e. The van der Waals surface area contributed by atoms with Crippen LogP contribution in [-0.2, 0) is 11.2 Å². The molecule has 0 radical (unpaired) electrons. The summed E-state index contributed by atoms with van der Waals surface area (Å²) in [6, 6.07) is 9.86. The van der Waals surface area contributed by atoms with E-state index in [1.165, 1.54) is 0 Å². The maximum atomic E-state index is 12.2. The molecule has 0 saturated carbocycles. The van der Waals surface area contributed by atoms with E-state index in [1.807, 2.05) is 37.3 Å². The van der Waals surface area contributed by atoms with Crippen LogP contribution in [0.25, 0.3) is 0 Å². The van der Waals surface area contributed by atoms with Gasteiger partial charge in [0, 0.05) is 6.54 Å².